The predicted molar refractivity (Wildman–Crippen MR) is 73.8 cm³/mol. The lowest BCUT2D eigenvalue weighted by atomic mass is 10.3. The van der Waals surface area contributed by atoms with Crippen molar-refractivity contribution in [2.24, 2.45) is 0 Å². The number of thiazole rings is 1. The van der Waals surface area contributed by atoms with Crippen molar-refractivity contribution >= 4 is 16.5 Å². The first kappa shape index (κ1) is 14.4. The van der Waals surface area contributed by atoms with Gasteiger partial charge in [0.2, 0.25) is 0 Å². The molecule has 0 saturated carbocycles. The third kappa shape index (κ3) is 3.94. The topological polar surface area (TPSA) is 37.4 Å². The van der Waals surface area contributed by atoms with Gasteiger partial charge in [-0.2, -0.15) is 0 Å². The smallest absolute Gasteiger partial charge is 0.185 e. The van der Waals surface area contributed by atoms with Gasteiger partial charge in [-0.1, -0.05) is 6.92 Å². The van der Waals surface area contributed by atoms with Crippen LogP contribution in [0.1, 0.15) is 31.3 Å². The Morgan fingerprint density at radius 3 is 2.53 bits per heavy atom. The molecule has 0 aliphatic rings. The summed E-state index contributed by atoms with van der Waals surface area (Å²) in [7, 11) is 1.72. The lowest BCUT2D eigenvalue weighted by molar-refractivity contribution is 0.181. The highest BCUT2D eigenvalue weighted by molar-refractivity contribution is 7.15. The van der Waals surface area contributed by atoms with Gasteiger partial charge in [-0.25, -0.2) is 4.98 Å². The first-order chi connectivity index (χ1) is 8.26. The number of aromatic nitrogens is 1. The van der Waals surface area contributed by atoms with Crippen LogP contribution in [0, 0.1) is 0 Å². The predicted octanol–water partition coefficient (Wildman–Crippen LogP) is 2.25. The summed E-state index contributed by atoms with van der Waals surface area (Å²) in [5.74, 6) is 0. The maximum absolute atomic E-state index is 5.21. The zero-order valence-electron chi connectivity index (χ0n) is 11.2. The number of nitrogens with zero attached hydrogens (tertiary/aromatic N) is 2. The highest BCUT2D eigenvalue weighted by Gasteiger charge is 2.13. The van der Waals surface area contributed by atoms with Gasteiger partial charge in [-0.05, 0) is 20.4 Å². The van der Waals surface area contributed by atoms with E-state index in [0.717, 1.165) is 37.0 Å². The van der Waals surface area contributed by atoms with Crippen molar-refractivity contribution in [3.63, 3.8) is 0 Å². The molecule has 0 aliphatic heterocycles. The molecule has 1 aromatic heterocycles. The number of ether oxygens (including phenoxy) is 1. The van der Waals surface area contributed by atoms with E-state index in [1.165, 1.54) is 4.88 Å². The van der Waals surface area contributed by atoms with Crippen LogP contribution in [-0.4, -0.2) is 31.7 Å². The molecular formula is C12H23N3OS. The fourth-order valence-corrected chi connectivity index (χ4v) is 2.79. The Morgan fingerprint density at radius 1 is 1.29 bits per heavy atom. The van der Waals surface area contributed by atoms with Gasteiger partial charge in [-0.3, -0.25) is 0 Å². The Balaban J connectivity index is 2.85. The molecule has 1 rings (SSSR count). The lowest BCUT2D eigenvalue weighted by Gasteiger charge is -2.16. The molecule has 0 fully saturated rings. The molecule has 0 bridgehead atoms. The summed E-state index contributed by atoms with van der Waals surface area (Å²) in [6.45, 7) is 10.9. The molecule has 1 aromatic rings. The van der Waals surface area contributed by atoms with E-state index in [4.69, 9.17) is 4.74 Å². The van der Waals surface area contributed by atoms with Crippen LogP contribution < -0.4 is 10.2 Å². The van der Waals surface area contributed by atoms with E-state index >= 15 is 0 Å². The highest BCUT2D eigenvalue weighted by Crippen LogP contribution is 2.26. The van der Waals surface area contributed by atoms with E-state index < -0.39 is 0 Å². The third-order valence-corrected chi connectivity index (χ3v) is 3.78. The van der Waals surface area contributed by atoms with Crippen LogP contribution >= 0.6 is 11.3 Å². The molecule has 0 saturated heterocycles. The fourth-order valence-electron chi connectivity index (χ4n) is 1.63. The van der Waals surface area contributed by atoms with Crippen molar-refractivity contribution in [2.45, 2.75) is 33.9 Å². The Hall–Kier alpha value is -0.650. The van der Waals surface area contributed by atoms with Gasteiger partial charge in [-0.15, -0.1) is 11.3 Å². The third-order valence-electron chi connectivity index (χ3n) is 2.62. The SMILES string of the molecule is CCNCc1sc(N(CC)CC)nc1COC. The van der Waals surface area contributed by atoms with Crippen molar-refractivity contribution in [3.8, 4) is 0 Å². The average Bonchev–Trinajstić information content (AvgIpc) is 2.72. The minimum absolute atomic E-state index is 0.596. The second-order valence-corrected chi connectivity index (χ2v) is 4.81. The van der Waals surface area contributed by atoms with Crippen LogP contribution in [0.2, 0.25) is 0 Å². The first-order valence-corrected chi connectivity index (χ1v) is 7.01. The second-order valence-electron chi connectivity index (χ2n) is 3.75. The Labute approximate surface area is 108 Å². The van der Waals surface area contributed by atoms with Crippen molar-refractivity contribution in [3.05, 3.63) is 10.6 Å². The van der Waals surface area contributed by atoms with Gasteiger partial charge >= 0.3 is 0 Å². The number of hydrogen-bond acceptors (Lipinski definition) is 5. The molecule has 0 atom stereocenters. The van der Waals surface area contributed by atoms with Gasteiger partial charge in [0.05, 0.1) is 12.3 Å². The molecular weight excluding hydrogens is 234 g/mol. The summed E-state index contributed by atoms with van der Waals surface area (Å²) < 4.78 is 5.21. The summed E-state index contributed by atoms with van der Waals surface area (Å²) in [6.07, 6.45) is 0. The van der Waals surface area contributed by atoms with Crippen molar-refractivity contribution in [1.82, 2.24) is 10.3 Å². The standard InChI is InChI=1S/C12H23N3OS/c1-5-13-8-11-10(9-16-4)14-12(17-11)15(6-2)7-3/h13H,5-9H2,1-4H3. The molecule has 4 nitrogen and oxygen atoms in total. The fraction of sp³-hybridized carbons (Fsp3) is 0.750. The quantitative estimate of drug-likeness (QED) is 0.775. The maximum atomic E-state index is 5.21. The normalized spacial score (nSPS) is 10.8. The van der Waals surface area contributed by atoms with Gasteiger partial charge in [0.25, 0.3) is 0 Å². The van der Waals surface area contributed by atoms with E-state index in [0.29, 0.717) is 6.61 Å². The van der Waals surface area contributed by atoms with Crippen molar-refractivity contribution in [1.29, 1.82) is 0 Å². The highest BCUT2D eigenvalue weighted by atomic mass is 32.1. The number of hydrogen-bond donors (Lipinski definition) is 1. The summed E-state index contributed by atoms with van der Waals surface area (Å²) in [4.78, 5) is 8.24. The molecule has 0 spiro atoms. The Kier molecular flexibility index (Phi) is 6.47. The van der Waals surface area contributed by atoms with E-state index in [1.807, 2.05) is 0 Å². The number of rotatable bonds is 8. The summed E-state index contributed by atoms with van der Waals surface area (Å²) in [6, 6.07) is 0. The van der Waals surface area contributed by atoms with E-state index in [1.54, 1.807) is 18.4 Å². The zero-order valence-corrected chi connectivity index (χ0v) is 12.1. The van der Waals surface area contributed by atoms with Crippen molar-refractivity contribution < 1.29 is 4.74 Å². The van der Waals surface area contributed by atoms with Crippen LogP contribution in [0.15, 0.2) is 0 Å². The van der Waals surface area contributed by atoms with Gasteiger partial charge in [0.15, 0.2) is 5.13 Å². The second kappa shape index (κ2) is 7.63. The average molecular weight is 257 g/mol. The maximum Gasteiger partial charge on any atom is 0.185 e. The molecule has 1 heterocycles. The van der Waals surface area contributed by atoms with Crippen LogP contribution in [0.4, 0.5) is 5.13 Å². The minimum atomic E-state index is 0.596. The number of nitrogens with one attached hydrogen (secondary N) is 1. The largest absolute Gasteiger partial charge is 0.378 e. The van der Waals surface area contributed by atoms with E-state index in [9.17, 15) is 0 Å². The molecule has 17 heavy (non-hydrogen) atoms. The zero-order chi connectivity index (χ0) is 12.7. The Bertz CT molecular complexity index is 324. The van der Waals surface area contributed by atoms with E-state index in [2.05, 4.69) is 36.0 Å². The van der Waals surface area contributed by atoms with Crippen molar-refractivity contribution in [2.75, 3.05) is 31.6 Å². The van der Waals surface area contributed by atoms with Gasteiger partial charge in [0.1, 0.15) is 0 Å². The van der Waals surface area contributed by atoms with Crippen LogP contribution in [-0.2, 0) is 17.9 Å². The molecule has 1 N–H and O–H groups in total. The van der Waals surface area contributed by atoms with Crippen LogP contribution in [0.25, 0.3) is 0 Å². The molecule has 0 aromatic carbocycles. The molecule has 98 valence electrons. The van der Waals surface area contributed by atoms with E-state index in [-0.39, 0.29) is 0 Å². The summed E-state index contributed by atoms with van der Waals surface area (Å²) in [5, 5.41) is 4.45. The summed E-state index contributed by atoms with van der Waals surface area (Å²) in [5.41, 5.74) is 1.07. The lowest BCUT2D eigenvalue weighted by Crippen LogP contribution is -2.21. The first-order valence-electron chi connectivity index (χ1n) is 6.19. The molecule has 0 aliphatic carbocycles. The molecule has 0 radical (unpaired) electrons. The number of anilines is 1. The van der Waals surface area contributed by atoms with Gasteiger partial charge in [0, 0.05) is 31.6 Å². The summed E-state index contributed by atoms with van der Waals surface area (Å²) >= 11 is 1.77. The molecule has 5 heteroatoms. The monoisotopic (exact) mass is 257 g/mol. The Morgan fingerprint density at radius 2 is 2.00 bits per heavy atom. The van der Waals surface area contributed by atoms with Crippen LogP contribution in [0.3, 0.4) is 0 Å². The minimum Gasteiger partial charge on any atom is -0.378 e. The van der Waals surface area contributed by atoms with Gasteiger partial charge < -0.3 is 15.0 Å². The number of methoxy groups -OCH3 is 1. The molecule has 0 unspecified atom stereocenters. The van der Waals surface area contributed by atoms with Crippen LogP contribution in [0.5, 0.6) is 0 Å². The molecule has 0 amide bonds.